The van der Waals surface area contributed by atoms with Crippen LogP contribution in [0.25, 0.3) is 0 Å². The van der Waals surface area contributed by atoms with Gasteiger partial charge in [0.25, 0.3) is 0 Å². The van der Waals surface area contributed by atoms with E-state index in [1.807, 2.05) is 0 Å². The van der Waals surface area contributed by atoms with Crippen molar-refractivity contribution in [3.63, 3.8) is 0 Å². The van der Waals surface area contributed by atoms with E-state index in [0.717, 1.165) is 6.07 Å². The molecule has 16 heavy (non-hydrogen) atoms. The highest BCUT2D eigenvalue weighted by atomic mass is 79.9. The van der Waals surface area contributed by atoms with Crippen molar-refractivity contribution in [3.05, 3.63) is 39.6 Å². The number of halogens is 3. The van der Waals surface area contributed by atoms with Crippen molar-refractivity contribution >= 4 is 33.5 Å². The van der Waals surface area contributed by atoms with E-state index < -0.39 is 11.8 Å². The maximum absolute atomic E-state index is 13.1. The molecule has 0 amide bonds. The zero-order chi connectivity index (χ0) is 12.3. The summed E-state index contributed by atoms with van der Waals surface area (Å²) in [6.07, 6.45) is 0. The van der Waals surface area contributed by atoms with Crippen molar-refractivity contribution < 1.29 is 19.0 Å². The van der Waals surface area contributed by atoms with Crippen molar-refractivity contribution in [1.82, 2.24) is 0 Å². The minimum absolute atomic E-state index is 0.0451. The van der Waals surface area contributed by atoms with Crippen LogP contribution in [0.2, 0.25) is 5.02 Å². The van der Waals surface area contributed by atoms with E-state index in [1.165, 1.54) is 6.07 Å². The normalized spacial score (nSPS) is 9.94. The molecule has 0 aliphatic carbocycles. The second-order valence-corrected chi connectivity index (χ2v) is 4.16. The Morgan fingerprint density at radius 2 is 2.25 bits per heavy atom. The van der Waals surface area contributed by atoms with Gasteiger partial charge in [0, 0.05) is 6.07 Å². The summed E-state index contributed by atoms with van der Waals surface area (Å²) in [5.74, 6) is -1.63. The third-order valence-electron chi connectivity index (χ3n) is 1.68. The van der Waals surface area contributed by atoms with Crippen LogP contribution in [-0.2, 0) is 4.79 Å². The molecule has 0 spiro atoms. The van der Waals surface area contributed by atoms with E-state index in [4.69, 9.17) is 21.4 Å². The molecule has 86 valence electrons. The van der Waals surface area contributed by atoms with Crippen LogP contribution in [0.15, 0.2) is 28.8 Å². The van der Waals surface area contributed by atoms with E-state index in [0.29, 0.717) is 4.47 Å². The number of aliphatic carboxylic acids is 1. The standard InChI is InChI=1S/C10H7BrClFO3/c1-5(10(14)15)4-16-9-3-8(13)7(12)2-6(9)11/h2-3H,1,4H2,(H,14,15). The molecule has 0 aromatic heterocycles. The lowest BCUT2D eigenvalue weighted by molar-refractivity contribution is -0.133. The predicted molar refractivity (Wildman–Crippen MR) is 61.4 cm³/mol. The third kappa shape index (κ3) is 3.21. The summed E-state index contributed by atoms with van der Waals surface area (Å²) < 4.78 is 18.6. The summed E-state index contributed by atoms with van der Waals surface area (Å²) in [5, 5.41) is 8.50. The van der Waals surface area contributed by atoms with Crippen LogP contribution in [0.1, 0.15) is 0 Å². The van der Waals surface area contributed by atoms with Crippen molar-refractivity contribution in [2.75, 3.05) is 6.61 Å². The average molecular weight is 310 g/mol. The molecule has 0 fully saturated rings. The molecule has 1 N–H and O–H groups in total. The Kier molecular flexibility index (Phi) is 4.32. The Labute approximate surface area is 105 Å². The van der Waals surface area contributed by atoms with Gasteiger partial charge in [0.1, 0.15) is 18.2 Å². The van der Waals surface area contributed by atoms with Crippen molar-refractivity contribution in [2.24, 2.45) is 0 Å². The number of carbonyl (C=O) groups is 1. The Bertz CT molecular complexity index is 448. The molecule has 0 heterocycles. The number of carboxylic acid groups (broad SMARTS) is 1. The van der Waals surface area contributed by atoms with Crippen molar-refractivity contribution in [2.45, 2.75) is 0 Å². The topological polar surface area (TPSA) is 46.5 Å². The van der Waals surface area contributed by atoms with Gasteiger partial charge >= 0.3 is 5.97 Å². The van der Waals surface area contributed by atoms with Gasteiger partial charge in [-0.05, 0) is 22.0 Å². The van der Waals surface area contributed by atoms with Crippen molar-refractivity contribution in [3.8, 4) is 5.75 Å². The van der Waals surface area contributed by atoms with Gasteiger partial charge in [-0.2, -0.15) is 0 Å². The van der Waals surface area contributed by atoms with Crippen LogP contribution in [0.4, 0.5) is 4.39 Å². The van der Waals surface area contributed by atoms with E-state index >= 15 is 0 Å². The monoisotopic (exact) mass is 308 g/mol. The molecule has 0 unspecified atom stereocenters. The maximum Gasteiger partial charge on any atom is 0.334 e. The first-order valence-electron chi connectivity index (χ1n) is 4.10. The van der Waals surface area contributed by atoms with Gasteiger partial charge in [-0.3, -0.25) is 0 Å². The van der Waals surface area contributed by atoms with E-state index in [9.17, 15) is 9.18 Å². The van der Waals surface area contributed by atoms with Gasteiger partial charge in [-0.15, -0.1) is 0 Å². The minimum Gasteiger partial charge on any atom is -0.487 e. The lowest BCUT2D eigenvalue weighted by Crippen LogP contribution is -2.09. The van der Waals surface area contributed by atoms with Gasteiger partial charge in [-0.1, -0.05) is 18.2 Å². The number of hydrogen-bond acceptors (Lipinski definition) is 2. The van der Waals surface area contributed by atoms with Gasteiger partial charge in [0.15, 0.2) is 0 Å². The number of ether oxygens (including phenoxy) is 1. The molecule has 0 bridgehead atoms. The largest absolute Gasteiger partial charge is 0.487 e. The van der Waals surface area contributed by atoms with Crippen LogP contribution >= 0.6 is 27.5 Å². The van der Waals surface area contributed by atoms with Gasteiger partial charge in [0.2, 0.25) is 0 Å². The summed E-state index contributed by atoms with van der Waals surface area (Å²) >= 11 is 8.64. The molecular weight excluding hydrogens is 302 g/mol. The fourth-order valence-electron chi connectivity index (χ4n) is 0.842. The number of carboxylic acids is 1. The maximum atomic E-state index is 13.1. The predicted octanol–water partition coefficient (Wildman–Crippen LogP) is 3.26. The quantitative estimate of drug-likeness (QED) is 0.686. The molecule has 1 aromatic carbocycles. The van der Waals surface area contributed by atoms with Crippen LogP contribution in [0.3, 0.4) is 0 Å². The highest BCUT2D eigenvalue weighted by molar-refractivity contribution is 9.10. The molecule has 6 heteroatoms. The molecule has 0 atom stereocenters. The van der Waals surface area contributed by atoms with Crippen LogP contribution in [0, 0.1) is 5.82 Å². The van der Waals surface area contributed by atoms with E-state index in [1.54, 1.807) is 0 Å². The molecule has 0 aliphatic rings. The summed E-state index contributed by atoms with van der Waals surface area (Å²) in [6, 6.07) is 2.40. The smallest absolute Gasteiger partial charge is 0.334 e. The highest BCUT2D eigenvalue weighted by Gasteiger charge is 2.10. The molecule has 0 radical (unpaired) electrons. The molecule has 0 saturated carbocycles. The lowest BCUT2D eigenvalue weighted by Gasteiger charge is -2.08. The third-order valence-corrected chi connectivity index (χ3v) is 2.59. The summed E-state index contributed by atoms with van der Waals surface area (Å²) in [6.45, 7) is 3.05. The Balaban J connectivity index is 2.78. The summed E-state index contributed by atoms with van der Waals surface area (Å²) in [5.41, 5.74) is -0.123. The zero-order valence-electron chi connectivity index (χ0n) is 7.97. The minimum atomic E-state index is -1.16. The van der Waals surface area contributed by atoms with Crippen LogP contribution in [0.5, 0.6) is 5.75 Å². The molecule has 0 saturated heterocycles. The zero-order valence-corrected chi connectivity index (χ0v) is 10.3. The first-order chi connectivity index (χ1) is 7.41. The van der Waals surface area contributed by atoms with Crippen LogP contribution in [-0.4, -0.2) is 17.7 Å². The SMILES string of the molecule is C=C(COc1cc(F)c(Cl)cc1Br)C(=O)O. The summed E-state index contributed by atoms with van der Waals surface area (Å²) in [4.78, 5) is 10.4. The molecule has 3 nitrogen and oxygen atoms in total. The Hall–Kier alpha value is -1.07. The average Bonchev–Trinajstić information content (AvgIpc) is 2.20. The van der Waals surface area contributed by atoms with Crippen LogP contribution < -0.4 is 4.74 Å². The molecule has 0 aliphatic heterocycles. The Morgan fingerprint density at radius 3 is 2.81 bits per heavy atom. The number of benzene rings is 1. The summed E-state index contributed by atoms with van der Waals surface area (Å²) in [7, 11) is 0. The number of rotatable bonds is 4. The molecule has 1 aromatic rings. The fraction of sp³-hybridized carbons (Fsp3) is 0.100. The van der Waals surface area contributed by atoms with Gasteiger partial charge in [0.05, 0.1) is 15.1 Å². The first-order valence-corrected chi connectivity index (χ1v) is 5.27. The van der Waals surface area contributed by atoms with Gasteiger partial charge < -0.3 is 9.84 Å². The highest BCUT2D eigenvalue weighted by Crippen LogP contribution is 2.30. The second kappa shape index (κ2) is 5.32. The second-order valence-electron chi connectivity index (χ2n) is 2.89. The number of hydrogen-bond donors (Lipinski definition) is 1. The Morgan fingerprint density at radius 1 is 1.62 bits per heavy atom. The molecular formula is C10H7BrClFO3. The lowest BCUT2D eigenvalue weighted by atomic mass is 10.3. The van der Waals surface area contributed by atoms with E-state index in [-0.39, 0.29) is 23.0 Å². The first kappa shape index (κ1) is 13.0. The fourth-order valence-corrected chi connectivity index (χ4v) is 1.59. The van der Waals surface area contributed by atoms with Gasteiger partial charge in [-0.25, -0.2) is 9.18 Å². The molecule has 1 rings (SSSR count). The van der Waals surface area contributed by atoms with Crippen molar-refractivity contribution in [1.29, 1.82) is 0 Å². The van der Waals surface area contributed by atoms with E-state index in [2.05, 4.69) is 22.5 Å².